The van der Waals surface area contributed by atoms with Crippen molar-refractivity contribution in [2.75, 3.05) is 5.73 Å². The Bertz CT molecular complexity index is 1220. The lowest BCUT2D eigenvalue weighted by Gasteiger charge is -2.18. The molecule has 2 aromatic carbocycles. The molecule has 2 amide bonds. The number of aromatic nitrogens is 2. The monoisotopic (exact) mass is 431 g/mol. The van der Waals surface area contributed by atoms with Crippen molar-refractivity contribution in [2.24, 2.45) is 0 Å². The number of pyridine rings is 1. The first-order valence-electron chi connectivity index (χ1n) is 10.1. The molecule has 0 aliphatic carbocycles. The summed E-state index contributed by atoms with van der Waals surface area (Å²) in [4.78, 5) is 32.9. The maximum atomic E-state index is 13.7. The molecule has 7 nitrogen and oxygen atoms in total. The van der Waals surface area contributed by atoms with Crippen molar-refractivity contribution in [1.29, 1.82) is 0 Å². The van der Waals surface area contributed by atoms with E-state index in [1.54, 1.807) is 36.5 Å². The summed E-state index contributed by atoms with van der Waals surface area (Å²) in [5, 5.41) is 6.45. The zero-order valence-electron chi connectivity index (χ0n) is 17.1. The largest absolute Gasteiger partial charge is 0.384 e. The first-order valence-corrected chi connectivity index (χ1v) is 10.1. The highest BCUT2D eigenvalue weighted by Crippen LogP contribution is 2.15. The summed E-state index contributed by atoms with van der Waals surface area (Å²) in [5.41, 5.74) is 8.10. The zero-order chi connectivity index (χ0) is 22.5. The van der Waals surface area contributed by atoms with E-state index in [1.807, 2.05) is 24.3 Å². The van der Waals surface area contributed by atoms with Crippen molar-refractivity contribution in [3.05, 3.63) is 95.6 Å². The van der Waals surface area contributed by atoms with Crippen molar-refractivity contribution >= 4 is 28.5 Å². The molecular weight excluding hydrogens is 409 g/mol. The number of nitrogens with two attached hydrogens (primary N) is 1. The molecule has 0 fully saturated rings. The highest BCUT2D eigenvalue weighted by atomic mass is 19.1. The third-order valence-corrected chi connectivity index (χ3v) is 5.04. The van der Waals surface area contributed by atoms with Gasteiger partial charge in [-0.05, 0) is 41.5 Å². The molecule has 0 aliphatic heterocycles. The molecule has 2 aromatic heterocycles. The van der Waals surface area contributed by atoms with Crippen molar-refractivity contribution in [2.45, 2.75) is 19.0 Å². The molecule has 1 atom stereocenters. The first kappa shape index (κ1) is 21.0. The van der Waals surface area contributed by atoms with E-state index in [-0.39, 0.29) is 13.0 Å². The number of aromatic amines is 1. The van der Waals surface area contributed by atoms with Crippen LogP contribution in [0.2, 0.25) is 0 Å². The standard InChI is InChI=1S/C24H22FN5O2/c25-18-6-3-4-15(10-18)11-20(23(31)28-14-16-8-9-22(26)27-13-16)30-24(32)21-12-17-5-1-2-7-19(17)29-21/h1-10,12-13,20,29H,11,14H2,(H2,26,27)(H,28,31)(H,30,32)/t20-/m0/s1. The maximum absolute atomic E-state index is 13.7. The lowest BCUT2D eigenvalue weighted by atomic mass is 10.0. The Hall–Kier alpha value is -4.20. The van der Waals surface area contributed by atoms with Crippen LogP contribution in [-0.4, -0.2) is 27.8 Å². The molecule has 0 radical (unpaired) electrons. The van der Waals surface area contributed by atoms with Gasteiger partial charge in [-0.1, -0.05) is 36.4 Å². The number of rotatable bonds is 7. The van der Waals surface area contributed by atoms with Crippen LogP contribution in [0, 0.1) is 5.82 Å². The van der Waals surface area contributed by atoms with E-state index in [4.69, 9.17) is 5.73 Å². The number of carbonyl (C=O) groups is 2. The van der Waals surface area contributed by atoms with Crippen molar-refractivity contribution in [3.63, 3.8) is 0 Å². The van der Waals surface area contributed by atoms with E-state index >= 15 is 0 Å². The molecule has 0 bridgehead atoms. The average Bonchev–Trinajstić information content (AvgIpc) is 3.23. The molecule has 4 rings (SSSR count). The Morgan fingerprint density at radius 2 is 1.88 bits per heavy atom. The van der Waals surface area contributed by atoms with Gasteiger partial charge in [-0.25, -0.2) is 9.37 Å². The van der Waals surface area contributed by atoms with Crippen LogP contribution >= 0.6 is 0 Å². The second-order valence-electron chi connectivity index (χ2n) is 7.44. The summed E-state index contributed by atoms with van der Waals surface area (Å²) < 4.78 is 13.7. The van der Waals surface area contributed by atoms with Gasteiger partial charge in [-0.2, -0.15) is 0 Å². The van der Waals surface area contributed by atoms with E-state index in [1.165, 1.54) is 12.1 Å². The Labute approximate surface area is 183 Å². The Morgan fingerprint density at radius 3 is 2.62 bits per heavy atom. The van der Waals surface area contributed by atoms with Crippen LogP contribution in [0.1, 0.15) is 21.6 Å². The number of nitrogens with one attached hydrogen (secondary N) is 3. The fourth-order valence-corrected chi connectivity index (χ4v) is 3.39. The number of fused-ring (bicyclic) bond motifs is 1. The van der Waals surface area contributed by atoms with Gasteiger partial charge in [0.25, 0.3) is 5.91 Å². The van der Waals surface area contributed by atoms with E-state index in [0.717, 1.165) is 16.5 Å². The number of benzene rings is 2. The van der Waals surface area contributed by atoms with Gasteiger partial charge in [0.15, 0.2) is 0 Å². The molecule has 5 N–H and O–H groups in total. The summed E-state index contributed by atoms with van der Waals surface area (Å²) >= 11 is 0. The van der Waals surface area contributed by atoms with E-state index in [9.17, 15) is 14.0 Å². The van der Waals surface area contributed by atoms with Crippen LogP contribution in [0.3, 0.4) is 0 Å². The number of hydrogen-bond donors (Lipinski definition) is 4. The average molecular weight is 431 g/mol. The van der Waals surface area contributed by atoms with Gasteiger partial charge >= 0.3 is 0 Å². The molecular formula is C24H22FN5O2. The molecule has 32 heavy (non-hydrogen) atoms. The van der Waals surface area contributed by atoms with Crippen molar-refractivity contribution in [3.8, 4) is 0 Å². The predicted octanol–water partition coefficient (Wildman–Crippen LogP) is 2.94. The molecule has 0 unspecified atom stereocenters. The van der Waals surface area contributed by atoms with Gasteiger partial charge < -0.3 is 21.4 Å². The van der Waals surface area contributed by atoms with Crippen LogP contribution in [0.25, 0.3) is 10.9 Å². The van der Waals surface area contributed by atoms with E-state index < -0.39 is 23.7 Å². The summed E-state index contributed by atoms with van der Waals surface area (Å²) in [6.45, 7) is 0.216. The third kappa shape index (κ3) is 5.10. The number of anilines is 1. The number of hydrogen-bond acceptors (Lipinski definition) is 4. The Morgan fingerprint density at radius 1 is 1.03 bits per heavy atom. The third-order valence-electron chi connectivity index (χ3n) is 5.04. The molecule has 0 aliphatic rings. The maximum Gasteiger partial charge on any atom is 0.268 e. The minimum absolute atomic E-state index is 0.134. The number of halogens is 1. The Balaban J connectivity index is 1.51. The Kier molecular flexibility index (Phi) is 6.12. The number of H-pyrrole nitrogens is 1. The normalized spacial score (nSPS) is 11.8. The predicted molar refractivity (Wildman–Crippen MR) is 120 cm³/mol. The van der Waals surface area contributed by atoms with E-state index in [0.29, 0.717) is 17.1 Å². The number of nitrogen functional groups attached to an aromatic ring is 1. The van der Waals surface area contributed by atoms with Crippen molar-refractivity contribution in [1.82, 2.24) is 20.6 Å². The molecule has 0 saturated heterocycles. The first-order chi connectivity index (χ1) is 15.5. The molecule has 162 valence electrons. The van der Waals surface area contributed by atoms with E-state index in [2.05, 4.69) is 20.6 Å². The van der Waals surface area contributed by atoms with Gasteiger partial charge in [-0.3, -0.25) is 9.59 Å². The number of carbonyl (C=O) groups excluding carboxylic acids is 2. The number of amides is 2. The molecule has 4 aromatic rings. The number of para-hydroxylation sites is 1. The summed E-state index contributed by atoms with van der Waals surface area (Å²) in [6.07, 6.45) is 1.70. The minimum atomic E-state index is -0.905. The van der Waals surface area contributed by atoms with Crippen LogP contribution in [0.15, 0.2) is 72.9 Å². The summed E-state index contributed by atoms with van der Waals surface area (Å²) in [5.74, 6) is -0.839. The fourth-order valence-electron chi connectivity index (χ4n) is 3.39. The smallest absolute Gasteiger partial charge is 0.268 e. The second-order valence-corrected chi connectivity index (χ2v) is 7.44. The van der Waals surface area contributed by atoms with Crippen LogP contribution in [0.5, 0.6) is 0 Å². The number of nitrogens with zero attached hydrogens (tertiary/aromatic N) is 1. The molecule has 0 saturated carbocycles. The second kappa shape index (κ2) is 9.30. The highest BCUT2D eigenvalue weighted by Gasteiger charge is 2.23. The SMILES string of the molecule is Nc1ccc(CNC(=O)[C@H](Cc2cccc(F)c2)NC(=O)c2cc3ccccc3[nH]2)cn1. The van der Waals surface area contributed by atoms with Crippen molar-refractivity contribution < 1.29 is 14.0 Å². The zero-order valence-corrected chi connectivity index (χ0v) is 17.1. The van der Waals surface area contributed by atoms with Gasteiger partial charge in [0.05, 0.1) is 0 Å². The van der Waals surface area contributed by atoms with Gasteiger partial charge in [-0.15, -0.1) is 0 Å². The molecule has 8 heteroatoms. The van der Waals surface area contributed by atoms with Crippen LogP contribution < -0.4 is 16.4 Å². The molecule has 2 heterocycles. The highest BCUT2D eigenvalue weighted by molar-refractivity contribution is 6.00. The quantitative estimate of drug-likeness (QED) is 0.360. The van der Waals surface area contributed by atoms with Gasteiger partial charge in [0.2, 0.25) is 5.91 Å². The van der Waals surface area contributed by atoms with Gasteiger partial charge in [0, 0.05) is 30.1 Å². The fraction of sp³-hybridized carbons (Fsp3) is 0.125. The lowest BCUT2D eigenvalue weighted by Crippen LogP contribution is -2.48. The minimum Gasteiger partial charge on any atom is -0.384 e. The molecule has 0 spiro atoms. The van der Waals surface area contributed by atoms with Crippen LogP contribution in [0.4, 0.5) is 10.2 Å². The topological polar surface area (TPSA) is 113 Å². The lowest BCUT2D eigenvalue weighted by molar-refractivity contribution is -0.123. The summed E-state index contributed by atoms with van der Waals surface area (Å²) in [6, 6.07) is 17.7. The van der Waals surface area contributed by atoms with Crippen LogP contribution in [-0.2, 0) is 17.8 Å². The summed E-state index contributed by atoms with van der Waals surface area (Å²) in [7, 11) is 0. The van der Waals surface area contributed by atoms with Gasteiger partial charge in [0.1, 0.15) is 23.4 Å².